The Labute approximate surface area is 131 Å². The molecule has 0 atom stereocenters. The molecular weight excluding hydrogens is 268 g/mol. The second kappa shape index (κ2) is 5.98. The average Bonchev–Trinajstić information content (AvgIpc) is 2.55. The molecule has 0 radical (unpaired) electrons. The van der Waals surface area contributed by atoms with Crippen molar-refractivity contribution in [1.82, 2.24) is 0 Å². The first-order valence-corrected chi connectivity index (χ1v) is 7.43. The molecule has 3 rings (SSSR count). The van der Waals surface area contributed by atoms with Gasteiger partial charge in [0.1, 0.15) is 0 Å². The summed E-state index contributed by atoms with van der Waals surface area (Å²) in [4.78, 5) is 12.1. The molecule has 0 aliphatic rings. The smallest absolute Gasteiger partial charge is 0.160 e. The molecule has 108 valence electrons. The molecule has 0 amide bonds. The van der Waals surface area contributed by atoms with E-state index in [1.807, 2.05) is 36.4 Å². The van der Waals surface area contributed by atoms with Crippen molar-refractivity contribution in [2.75, 3.05) is 0 Å². The Morgan fingerprint density at radius 2 is 1.41 bits per heavy atom. The molecule has 3 aromatic carbocycles. The summed E-state index contributed by atoms with van der Waals surface area (Å²) in [5.41, 5.74) is 6.27. The lowest BCUT2D eigenvalue weighted by Crippen LogP contribution is -1.98. The van der Waals surface area contributed by atoms with Crippen LogP contribution in [0.2, 0.25) is 0 Å². The molecule has 1 nitrogen and oxygen atoms in total. The van der Waals surface area contributed by atoms with Crippen LogP contribution in [0.25, 0.3) is 22.3 Å². The van der Waals surface area contributed by atoms with Gasteiger partial charge in [0.2, 0.25) is 0 Å². The molecule has 1 heteroatoms. The van der Waals surface area contributed by atoms with Crippen LogP contribution < -0.4 is 0 Å². The van der Waals surface area contributed by atoms with Crippen molar-refractivity contribution in [3.8, 4) is 22.3 Å². The van der Waals surface area contributed by atoms with E-state index in [4.69, 9.17) is 0 Å². The van der Waals surface area contributed by atoms with Gasteiger partial charge in [-0.05, 0) is 47.7 Å². The summed E-state index contributed by atoms with van der Waals surface area (Å²) in [5.74, 6) is 0.0936. The number of carbonyl (C=O) groups excluding carboxylic acids is 1. The summed E-state index contributed by atoms with van der Waals surface area (Å²) in [6, 6.07) is 24.5. The van der Waals surface area contributed by atoms with E-state index in [1.165, 1.54) is 5.56 Å². The zero-order valence-electron chi connectivity index (χ0n) is 12.8. The van der Waals surface area contributed by atoms with Crippen LogP contribution in [0.4, 0.5) is 0 Å². The van der Waals surface area contributed by atoms with E-state index >= 15 is 0 Å². The molecule has 0 aliphatic carbocycles. The summed E-state index contributed by atoms with van der Waals surface area (Å²) in [7, 11) is 0. The van der Waals surface area contributed by atoms with Gasteiger partial charge < -0.3 is 0 Å². The van der Waals surface area contributed by atoms with Crippen molar-refractivity contribution in [2.45, 2.75) is 13.8 Å². The summed E-state index contributed by atoms with van der Waals surface area (Å²) in [6.07, 6.45) is 0. The Balaban J connectivity index is 2.17. The Morgan fingerprint density at radius 3 is 2.09 bits per heavy atom. The van der Waals surface area contributed by atoms with Gasteiger partial charge in [-0.2, -0.15) is 0 Å². The third-order valence-corrected chi connectivity index (χ3v) is 3.94. The molecule has 0 saturated heterocycles. The third-order valence-electron chi connectivity index (χ3n) is 3.94. The number of ketones is 1. The SMILES string of the molecule is CC(=O)c1cc(-c2ccccc2)ccc1-c1ccccc1C. The summed E-state index contributed by atoms with van der Waals surface area (Å²) >= 11 is 0. The highest BCUT2D eigenvalue weighted by atomic mass is 16.1. The predicted octanol–water partition coefficient (Wildman–Crippen LogP) is 5.53. The van der Waals surface area contributed by atoms with Crippen LogP contribution in [-0.2, 0) is 0 Å². The predicted molar refractivity (Wildman–Crippen MR) is 92.1 cm³/mol. The molecule has 0 aliphatic heterocycles. The largest absolute Gasteiger partial charge is 0.294 e. The van der Waals surface area contributed by atoms with Gasteiger partial charge in [-0.1, -0.05) is 66.7 Å². The number of hydrogen-bond acceptors (Lipinski definition) is 1. The van der Waals surface area contributed by atoms with Crippen molar-refractivity contribution >= 4 is 5.78 Å². The van der Waals surface area contributed by atoms with Crippen molar-refractivity contribution < 1.29 is 4.79 Å². The van der Waals surface area contributed by atoms with E-state index in [2.05, 4.69) is 43.3 Å². The van der Waals surface area contributed by atoms with Gasteiger partial charge in [0.15, 0.2) is 5.78 Å². The summed E-state index contributed by atoms with van der Waals surface area (Å²) in [6.45, 7) is 3.70. The fraction of sp³-hybridized carbons (Fsp3) is 0.0952. The topological polar surface area (TPSA) is 17.1 Å². The number of benzene rings is 3. The molecule has 0 saturated carbocycles. The van der Waals surface area contributed by atoms with Crippen molar-refractivity contribution in [2.24, 2.45) is 0 Å². The van der Waals surface area contributed by atoms with E-state index < -0.39 is 0 Å². The van der Waals surface area contributed by atoms with Gasteiger partial charge in [0.05, 0.1) is 0 Å². The van der Waals surface area contributed by atoms with Crippen molar-refractivity contribution in [3.05, 3.63) is 83.9 Å². The first-order valence-electron chi connectivity index (χ1n) is 7.43. The Hall–Kier alpha value is -2.67. The van der Waals surface area contributed by atoms with E-state index in [-0.39, 0.29) is 5.78 Å². The molecule has 0 N–H and O–H groups in total. The van der Waals surface area contributed by atoms with Gasteiger partial charge in [-0.15, -0.1) is 0 Å². The second-order valence-electron chi connectivity index (χ2n) is 5.50. The van der Waals surface area contributed by atoms with Crippen LogP contribution >= 0.6 is 0 Å². The molecule has 0 fully saturated rings. The fourth-order valence-electron chi connectivity index (χ4n) is 2.76. The molecule has 0 unspecified atom stereocenters. The minimum absolute atomic E-state index is 0.0936. The molecular formula is C21H18O. The summed E-state index contributed by atoms with van der Waals surface area (Å²) in [5, 5.41) is 0. The summed E-state index contributed by atoms with van der Waals surface area (Å²) < 4.78 is 0. The Morgan fingerprint density at radius 1 is 0.727 bits per heavy atom. The van der Waals surface area contributed by atoms with Crippen LogP contribution in [0.1, 0.15) is 22.8 Å². The van der Waals surface area contributed by atoms with Gasteiger partial charge in [-0.25, -0.2) is 0 Å². The van der Waals surface area contributed by atoms with E-state index in [0.717, 1.165) is 27.8 Å². The number of rotatable bonds is 3. The van der Waals surface area contributed by atoms with E-state index in [0.29, 0.717) is 0 Å². The van der Waals surface area contributed by atoms with E-state index in [9.17, 15) is 4.79 Å². The maximum Gasteiger partial charge on any atom is 0.160 e. The second-order valence-corrected chi connectivity index (χ2v) is 5.50. The quantitative estimate of drug-likeness (QED) is 0.578. The molecule has 0 spiro atoms. The lowest BCUT2D eigenvalue weighted by molar-refractivity contribution is 0.101. The highest BCUT2D eigenvalue weighted by molar-refractivity contribution is 6.02. The Bertz CT molecular complexity index is 816. The van der Waals surface area contributed by atoms with Crippen molar-refractivity contribution in [1.29, 1.82) is 0 Å². The normalized spacial score (nSPS) is 10.5. The zero-order chi connectivity index (χ0) is 15.5. The maximum atomic E-state index is 12.1. The minimum atomic E-state index is 0.0936. The number of hydrogen-bond donors (Lipinski definition) is 0. The number of carbonyl (C=O) groups is 1. The lowest BCUT2D eigenvalue weighted by Gasteiger charge is -2.12. The standard InChI is InChI=1S/C21H18O/c1-15-8-6-7-11-19(15)20-13-12-18(14-21(20)16(2)22)17-9-4-3-5-10-17/h3-14H,1-2H3. The van der Waals surface area contributed by atoms with Gasteiger partial charge in [-0.3, -0.25) is 4.79 Å². The zero-order valence-corrected chi connectivity index (χ0v) is 12.8. The third kappa shape index (κ3) is 2.71. The number of aryl methyl sites for hydroxylation is 1. The van der Waals surface area contributed by atoms with Gasteiger partial charge in [0.25, 0.3) is 0 Å². The van der Waals surface area contributed by atoms with Crippen LogP contribution in [0.3, 0.4) is 0 Å². The molecule has 0 bridgehead atoms. The van der Waals surface area contributed by atoms with Crippen LogP contribution in [0.15, 0.2) is 72.8 Å². The monoisotopic (exact) mass is 286 g/mol. The minimum Gasteiger partial charge on any atom is -0.294 e. The molecule has 0 aromatic heterocycles. The van der Waals surface area contributed by atoms with Gasteiger partial charge >= 0.3 is 0 Å². The first-order chi connectivity index (χ1) is 10.7. The lowest BCUT2D eigenvalue weighted by atomic mass is 9.91. The Kier molecular flexibility index (Phi) is 3.88. The average molecular weight is 286 g/mol. The molecule has 0 heterocycles. The van der Waals surface area contributed by atoms with Crippen LogP contribution in [-0.4, -0.2) is 5.78 Å². The van der Waals surface area contributed by atoms with Gasteiger partial charge in [0, 0.05) is 5.56 Å². The first kappa shape index (κ1) is 14.3. The molecule has 3 aromatic rings. The van der Waals surface area contributed by atoms with Crippen molar-refractivity contribution in [3.63, 3.8) is 0 Å². The maximum absolute atomic E-state index is 12.1. The molecule has 22 heavy (non-hydrogen) atoms. The van der Waals surface area contributed by atoms with Crippen LogP contribution in [0, 0.1) is 6.92 Å². The number of Topliss-reactive ketones (excluding diaryl/α,β-unsaturated/α-hetero) is 1. The van der Waals surface area contributed by atoms with E-state index in [1.54, 1.807) is 6.92 Å². The van der Waals surface area contributed by atoms with Crippen LogP contribution in [0.5, 0.6) is 0 Å². The highest BCUT2D eigenvalue weighted by Gasteiger charge is 2.12. The highest BCUT2D eigenvalue weighted by Crippen LogP contribution is 2.31. The fourth-order valence-corrected chi connectivity index (χ4v) is 2.76.